The van der Waals surface area contributed by atoms with Gasteiger partial charge in [-0.25, -0.2) is 42.9 Å². The molecule has 4 aliphatic rings. The van der Waals surface area contributed by atoms with Crippen LogP contribution in [-0.2, 0) is 19.5 Å². The zero-order valence-corrected chi connectivity index (χ0v) is 61.9. The third-order valence-electron chi connectivity index (χ3n) is 20.0. The van der Waals surface area contributed by atoms with E-state index in [0.717, 1.165) is 136 Å². The van der Waals surface area contributed by atoms with Crippen molar-refractivity contribution in [3.05, 3.63) is 204 Å². The molecule has 3 N–H and O–H groups in total. The summed E-state index contributed by atoms with van der Waals surface area (Å²) in [6.45, 7) is 7.31. The van der Waals surface area contributed by atoms with E-state index >= 15 is 0 Å². The summed E-state index contributed by atoms with van der Waals surface area (Å²) < 4.78 is 56.2. The summed E-state index contributed by atoms with van der Waals surface area (Å²) in [5.41, 5.74) is 12.5. The standard InChI is InChI=1S/C29H27N5O2.C28H25N5O3S.C27H24ClN5O3/c1-18(19-6-7-19)36-29(35)33-22-11-8-20(9-12-22)27-25(17-30)24-13-10-21(28-31-14-3-15-32-28)16-26(24)34(27)23-4-2-5-23;1-2-15-37(34,35)32-21-10-8-19(9-11-21)27-25(18-30)24-13-12-23(16-26(24)33(27)22-6-3-7-22)36-28-20(17-29)5-4-14-31-28;1-16(2)35-27(34)32-23-10-7-17(13-22(23)28)25-21(15-29)20-9-8-19(36-26-30-11-4-12-31-26)14-24(20)33(25)18-5-3-6-18/h3,8-16,18-19,23H,2,4-7H2,1H3,(H,33,35);4-5,8-14,16,22,32H,2-3,6-7,15H2,1H3;4,7-14,16,18H,3,5-6H2,1-2H3,(H,32,34)/t18-;;/m1../s1. The first-order valence-corrected chi connectivity index (χ1v) is 38.5. The van der Waals surface area contributed by atoms with Crippen LogP contribution in [0.25, 0.3) is 77.9 Å². The first kappa shape index (κ1) is 73.3. The van der Waals surface area contributed by atoms with Crippen LogP contribution in [0.3, 0.4) is 0 Å². The Kier molecular flexibility index (Phi) is 21.7. The SMILES string of the molecule is CC(C)OC(=O)Nc1ccc(-c2c(C#N)c3ccc(Oc4ncccn4)cc3n2C2CCC2)cc1Cl.CCCS(=O)(=O)Nc1ccc(-c2c(C#N)c3ccc(Oc4ncccc4C#N)cc3n2C2CCC2)cc1.C[C@@H](OC(=O)Nc1ccc(-c2c(C#N)c3ccc(-c4ncccn4)cc3n2C2CCC2)cc1)C1CC1. The fourth-order valence-corrected chi connectivity index (χ4v) is 15.3. The molecule has 6 aromatic heterocycles. The fraction of sp³-hybridized carbons (Fsp3) is 0.274. The van der Waals surface area contributed by atoms with Crippen molar-refractivity contribution in [3.63, 3.8) is 0 Å². The van der Waals surface area contributed by atoms with E-state index in [0.29, 0.717) is 80.0 Å². The lowest BCUT2D eigenvalue weighted by Crippen LogP contribution is -2.21. The second kappa shape index (κ2) is 32.2. The smallest absolute Gasteiger partial charge is 0.411 e. The predicted molar refractivity (Wildman–Crippen MR) is 417 cm³/mol. The molecule has 548 valence electrons. The number of anilines is 3. The largest absolute Gasteiger partial charge is 0.447 e. The summed E-state index contributed by atoms with van der Waals surface area (Å²) in [6.07, 6.45) is 19.4. The van der Waals surface area contributed by atoms with Gasteiger partial charge in [0.1, 0.15) is 47.4 Å². The van der Waals surface area contributed by atoms with Gasteiger partial charge in [0.05, 0.1) is 72.9 Å². The number of hydrogen-bond donors (Lipinski definition) is 3. The van der Waals surface area contributed by atoms with Gasteiger partial charge in [0.15, 0.2) is 5.82 Å². The van der Waals surface area contributed by atoms with E-state index in [1.165, 1.54) is 6.42 Å². The molecular formula is C84H76ClN15O8S. The highest BCUT2D eigenvalue weighted by atomic mass is 35.5. The maximum atomic E-state index is 12.3. The highest BCUT2D eigenvalue weighted by Crippen LogP contribution is 2.48. The van der Waals surface area contributed by atoms with E-state index in [1.807, 2.05) is 98.8 Å². The Balaban J connectivity index is 0.000000137. The molecule has 4 saturated carbocycles. The zero-order valence-electron chi connectivity index (χ0n) is 60.3. The fourth-order valence-electron chi connectivity index (χ4n) is 14.0. The maximum Gasteiger partial charge on any atom is 0.411 e. The number of ether oxygens (including phenoxy) is 4. The Labute approximate surface area is 635 Å². The van der Waals surface area contributed by atoms with Crippen molar-refractivity contribution >= 4 is 83.6 Å². The van der Waals surface area contributed by atoms with Crippen LogP contribution in [0, 0.1) is 51.2 Å². The number of nitriles is 4. The van der Waals surface area contributed by atoms with Gasteiger partial charge in [-0.15, -0.1) is 0 Å². The topological polar surface area (TPSA) is 316 Å². The minimum Gasteiger partial charge on any atom is -0.447 e. The van der Waals surface area contributed by atoms with Gasteiger partial charge < -0.3 is 32.6 Å². The average molecular weight is 1490 g/mol. The van der Waals surface area contributed by atoms with E-state index in [1.54, 1.807) is 99.4 Å². The number of halogens is 1. The van der Waals surface area contributed by atoms with E-state index in [2.05, 4.69) is 84.3 Å². The van der Waals surface area contributed by atoms with Crippen molar-refractivity contribution < 1.29 is 37.0 Å². The predicted octanol–water partition coefficient (Wildman–Crippen LogP) is 19.9. The molecule has 1 atom stereocenters. The van der Waals surface area contributed by atoms with Crippen LogP contribution < -0.4 is 24.8 Å². The molecule has 0 aliphatic heterocycles. The minimum atomic E-state index is -3.39. The number of benzene rings is 6. The number of sulfonamides is 1. The average Bonchev–Trinajstić information content (AvgIpc) is 1.60. The van der Waals surface area contributed by atoms with Crippen molar-refractivity contribution in [1.82, 2.24) is 38.6 Å². The third-order valence-corrected chi connectivity index (χ3v) is 21.8. The zero-order chi connectivity index (χ0) is 75.9. The lowest BCUT2D eigenvalue weighted by atomic mass is 9.92. The third kappa shape index (κ3) is 15.9. The van der Waals surface area contributed by atoms with Crippen LogP contribution in [0.1, 0.15) is 145 Å². The van der Waals surface area contributed by atoms with E-state index in [4.69, 9.17) is 30.5 Å². The van der Waals surface area contributed by atoms with Gasteiger partial charge in [0, 0.05) is 99.9 Å². The Morgan fingerprint density at radius 1 is 0.523 bits per heavy atom. The number of carbonyl (C=O) groups excluding carboxylic acids is 2. The number of nitrogens with zero attached hydrogens (tertiary/aromatic N) is 12. The Morgan fingerprint density at radius 2 is 1.00 bits per heavy atom. The molecule has 12 aromatic rings. The molecule has 2 amide bonds. The summed E-state index contributed by atoms with van der Waals surface area (Å²) in [5, 5.41) is 48.4. The second-order valence-corrected chi connectivity index (χ2v) is 29.9. The quantitative estimate of drug-likeness (QED) is 0.0638. The molecule has 16 rings (SSSR count). The highest BCUT2D eigenvalue weighted by Gasteiger charge is 2.34. The Morgan fingerprint density at radius 3 is 1.50 bits per heavy atom. The van der Waals surface area contributed by atoms with Crippen LogP contribution in [-0.4, -0.2) is 77.2 Å². The number of pyridine rings is 1. The van der Waals surface area contributed by atoms with Gasteiger partial charge in [-0.05, 0) is 206 Å². The van der Waals surface area contributed by atoms with Crippen LogP contribution in [0.2, 0.25) is 5.02 Å². The van der Waals surface area contributed by atoms with Crippen molar-refractivity contribution in [2.75, 3.05) is 21.1 Å². The summed E-state index contributed by atoms with van der Waals surface area (Å²) in [4.78, 5) is 45.6. The van der Waals surface area contributed by atoms with Gasteiger partial charge in [-0.2, -0.15) is 21.0 Å². The molecule has 25 heteroatoms. The molecule has 23 nitrogen and oxygen atoms in total. The normalized spacial score (nSPS) is 14.3. The molecule has 0 bridgehead atoms. The Hall–Kier alpha value is -12.6. The van der Waals surface area contributed by atoms with Crippen molar-refractivity contribution in [3.8, 4) is 92.8 Å². The molecule has 4 aliphatic carbocycles. The van der Waals surface area contributed by atoms with Gasteiger partial charge in [0.25, 0.3) is 0 Å². The van der Waals surface area contributed by atoms with Crippen LogP contribution in [0.4, 0.5) is 26.7 Å². The summed E-state index contributed by atoms with van der Waals surface area (Å²) in [5.74, 6) is 2.56. The summed E-state index contributed by atoms with van der Waals surface area (Å²) in [6, 6.07) is 54.7. The summed E-state index contributed by atoms with van der Waals surface area (Å²) in [7, 11) is -3.39. The first-order chi connectivity index (χ1) is 53.0. The number of rotatable bonds is 20. The van der Waals surface area contributed by atoms with Crippen LogP contribution in [0.5, 0.6) is 23.4 Å². The minimum absolute atomic E-state index is 0.0576. The molecule has 0 saturated heterocycles. The number of fused-ring (bicyclic) bond motifs is 3. The van der Waals surface area contributed by atoms with Gasteiger partial charge >= 0.3 is 18.2 Å². The molecule has 0 radical (unpaired) electrons. The number of amides is 2. The maximum absolute atomic E-state index is 12.3. The van der Waals surface area contributed by atoms with Gasteiger partial charge in [-0.1, -0.05) is 61.0 Å². The number of carbonyl (C=O) groups is 2. The van der Waals surface area contributed by atoms with E-state index < -0.39 is 22.2 Å². The number of hydrogen-bond acceptors (Lipinski definition) is 17. The molecular weight excluding hydrogens is 1410 g/mol. The summed E-state index contributed by atoms with van der Waals surface area (Å²) >= 11 is 6.55. The Bertz CT molecular complexity index is 5710. The molecule has 0 spiro atoms. The number of aromatic nitrogens is 8. The molecule has 6 aromatic carbocycles. The van der Waals surface area contributed by atoms with Crippen molar-refractivity contribution in [2.24, 2.45) is 5.92 Å². The number of nitrogens with one attached hydrogen (secondary N) is 3. The van der Waals surface area contributed by atoms with Gasteiger partial charge in [-0.3, -0.25) is 15.4 Å². The van der Waals surface area contributed by atoms with Crippen molar-refractivity contribution in [2.45, 2.75) is 135 Å². The molecule has 4 fully saturated rings. The van der Waals surface area contributed by atoms with E-state index in [-0.39, 0.29) is 41.9 Å². The highest BCUT2D eigenvalue weighted by molar-refractivity contribution is 7.92. The molecule has 6 heterocycles. The van der Waals surface area contributed by atoms with Crippen molar-refractivity contribution in [1.29, 1.82) is 21.0 Å². The van der Waals surface area contributed by atoms with Crippen LogP contribution >= 0.6 is 11.6 Å². The molecule has 0 unspecified atom stereocenters. The second-order valence-electron chi connectivity index (χ2n) is 27.7. The molecule has 109 heavy (non-hydrogen) atoms. The van der Waals surface area contributed by atoms with Crippen LogP contribution in [0.15, 0.2) is 177 Å². The van der Waals surface area contributed by atoms with E-state index in [9.17, 15) is 39.1 Å². The lowest BCUT2D eigenvalue weighted by molar-refractivity contribution is 0.108. The monoisotopic (exact) mass is 1490 g/mol. The van der Waals surface area contributed by atoms with Gasteiger partial charge in [0.2, 0.25) is 15.9 Å². The first-order valence-electron chi connectivity index (χ1n) is 36.5. The lowest BCUT2D eigenvalue weighted by Gasteiger charge is -2.30.